The summed E-state index contributed by atoms with van der Waals surface area (Å²) in [7, 11) is 0. The second-order valence-corrected chi connectivity index (χ2v) is 8.29. The van der Waals surface area contributed by atoms with Crippen LogP contribution in [-0.2, 0) is 11.2 Å². The van der Waals surface area contributed by atoms with Crippen molar-refractivity contribution in [2.24, 2.45) is 0 Å². The van der Waals surface area contributed by atoms with Crippen LogP contribution in [0.15, 0.2) is 30.3 Å². The standard InChI is InChI=1S/C22H23Cl2FN2O3/c23-15-4-3-5-17(25)21(15)18(27-6-1-2-7-27)13-26-20(28)12-14-10-16(24)22-19(11-14)29-8-9-30-22/h3-5,10-11,18H,1-2,6-9,12-13H2,(H,26,28). The lowest BCUT2D eigenvalue weighted by Crippen LogP contribution is -2.38. The molecule has 2 aliphatic heterocycles. The number of carbonyl (C=O) groups is 1. The summed E-state index contributed by atoms with van der Waals surface area (Å²) < 4.78 is 25.6. The molecule has 8 heteroatoms. The predicted octanol–water partition coefficient (Wildman–Crippen LogP) is 4.40. The minimum absolute atomic E-state index is 0.133. The molecule has 1 fully saturated rings. The molecule has 2 aromatic carbocycles. The smallest absolute Gasteiger partial charge is 0.224 e. The Morgan fingerprint density at radius 1 is 1.13 bits per heavy atom. The molecule has 30 heavy (non-hydrogen) atoms. The molecular formula is C22H23Cl2FN2O3. The first-order valence-electron chi connectivity index (χ1n) is 10.1. The normalized spacial score (nSPS) is 17.0. The summed E-state index contributed by atoms with van der Waals surface area (Å²) in [4.78, 5) is 14.8. The molecule has 2 heterocycles. The van der Waals surface area contributed by atoms with Crippen molar-refractivity contribution in [1.29, 1.82) is 0 Å². The monoisotopic (exact) mass is 452 g/mol. The van der Waals surface area contributed by atoms with Gasteiger partial charge in [0.05, 0.1) is 17.5 Å². The lowest BCUT2D eigenvalue weighted by Gasteiger charge is -2.29. The van der Waals surface area contributed by atoms with E-state index in [2.05, 4.69) is 10.2 Å². The molecule has 2 aromatic rings. The molecule has 0 saturated carbocycles. The Morgan fingerprint density at radius 3 is 2.67 bits per heavy atom. The molecule has 0 radical (unpaired) electrons. The van der Waals surface area contributed by atoms with Gasteiger partial charge in [0.1, 0.15) is 19.0 Å². The van der Waals surface area contributed by atoms with Crippen LogP contribution in [0.4, 0.5) is 4.39 Å². The topological polar surface area (TPSA) is 50.8 Å². The Hall–Kier alpha value is -2.02. The van der Waals surface area contributed by atoms with Crippen molar-refractivity contribution in [3.8, 4) is 11.5 Å². The fraction of sp³-hybridized carbons (Fsp3) is 0.409. The van der Waals surface area contributed by atoms with Crippen LogP contribution in [0.2, 0.25) is 10.0 Å². The maximum atomic E-state index is 14.6. The zero-order chi connectivity index (χ0) is 21.1. The van der Waals surface area contributed by atoms with Gasteiger partial charge in [0.15, 0.2) is 11.5 Å². The molecule has 5 nitrogen and oxygen atoms in total. The van der Waals surface area contributed by atoms with Gasteiger partial charge in [-0.25, -0.2) is 4.39 Å². The van der Waals surface area contributed by atoms with E-state index in [0.29, 0.717) is 40.3 Å². The summed E-state index contributed by atoms with van der Waals surface area (Å²) in [5.74, 6) is 0.520. The van der Waals surface area contributed by atoms with Crippen LogP contribution in [-0.4, -0.2) is 43.7 Å². The molecule has 4 rings (SSSR count). The minimum Gasteiger partial charge on any atom is -0.486 e. The van der Waals surface area contributed by atoms with Crippen LogP contribution in [0.3, 0.4) is 0 Å². The van der Waals surface area contributed by atoms with Crippen molar-refractivity contribution < 1.29 is 18.7 Å². The Kier molecular flexibility index (Phi) is 6.66. The van der Waals surface area contributed by atoms with Crippen LogP contribution in [0.25, 0.3) is 0 Å². The number of amides is 1. The number of likely N-dealkylation sites (tertiary alicyclic amines) is 1. The number of carbonyl (C=O) groups excluding carboxylic acids is 1. The summed E-state index contributed by atoms with van der Waals surface area (Å²) in [5.41, 5.74) is 1.16. The van der Waals surface area contributed by atoms with Gasteiger partial charge in [-0.15, -0.1) is 0 Å². The number of halogens is 3. The van der Waals surface area contributed by atoms with Gasteiger partial charge in [0.25, 0.3) is 0 Å². The lowest BCUT2D eigenvalue weighted by atomic mass is 10.0. The van der Waals surface area contributed by atoms with E-state index < -0.39 is 0 Å². The van der Waals surface area contributed by atoms with Gasteiger partial charge in [-0.05, 0) is 55.8 Å². The van der Waals surface area contributed by atoms with E-state index in [0.717, 1.165) is 31.5 Å². The minimum atomic E-state index is -0.354. The summed E-state index contributed by atoms with van der Waals surface area (Å²) in [6.07, 6.45) is 2.23. The molecule has 1 amide bonds. The molecule has 1 N–H and O–H groups in total. The third-order valence-electron chi connectivity index (χ3n) is 5.43. The summed E-state index contributed by atoms with van der Waals surface area (Å²) in [6, 6.07) is 7.85. The number of hydrogen-bond donors (Lipinski definition) is 1. The van der Waals surface area contributed by atoms with Crippen LogP contribution in [0.5, 0.6) is 11.5 Å². The average molecular weight is 453 g/mol. The number of nitrogens with one attached hydrogen (secondary N) is 1. The van der Waals surface area contributed by atoms with Crippen molar-refractivity contribution in [2.75, 3.05) is 32.8 Å². The van der Waals surface area contributed by atoms with E-state index in [4.69, 9.17) is 32.7 Å². The number of benzene rings is 2. The van der Waals surface area contributed by atoms with Crippen LogP contribution < -0.4 is 14.8 Å². The largest absolute Gasteiger partial charge is 0.486 e. The van der Waals surface area contributed by atoms with E-state index in [-0.39, 0.29) is 30.7 Å². The predicted molar refractivity (Wildman–Crippen MR) is 114 cm³/mol. The molecule has 160 valence electrons. The number of ether oxygens (including phenoxy) is 2. The highest BCUT2D eigenvalue weighted by molar-refractivity contribution is 6.32. The second-order valence-electron chi connectivity index (χ2n) is 7.48. The molecule has 1 atom stereocenters. The molecule has 0 spiro atoms. The number of nitrogens with zero attached hydrogens (tertiary/aromatic N) is 1. The van der Waals surface area contributed by atoms with E-state index in [1.807, 2.05) is 0 Å². The molecule has 1 saturated heterocycles. The fourth-order valence-corrected chi connectivity index (χ4v) is 4.60. The van der Waals surface area contributed by atoms with Gasteiger partial charge in [-0.1, -0.05) is 29.3 Å². The SMILES string of the molecule is O=C(Cc1cc(Cl)c2c(c1)OCCO2)NCC(c1c(F)cccc1Cl)N1CCCC1. The van der Waals surface area contributed by atoms with Crippen LogP contribution in [0, 0.1) is 5.82 Å². The third kappa shape index (κ3) is 4.66. The number of rotatable bonds is 6. The van der Waals surface area contributed by atoms with Crippen molar-refractivity contribution in [1.82, 2.24) is 10.2 Å². The lowest BCUT2D eigenvalue weighted by molar-refractivity contribution is -0.120. The van der Waals surface area contributed by atoms with Gasteiger partial charge in [-0.3, -0.25) is 9.69 Å². The Balaban J connectivity index is 1.46. The highest BCUT2D eigenvalue weighted by atomic mass is 35.5. The van der Waals surface area contributed by atoms with Gasteiger partial charge in [-0.2, -0.15) is 0 Å². The zero-order valence-electron chi connectivity index (χ0n) is 16.4. The maximum absolute atomic E-state index is 14.6. The zero-order valence-corrected chi connectivity index (χ0v) is 17.9. The summed E-state index contributed by atoms with van der Waals surface area (Å²) in [6.45, 7) is 2.87. The first kappa shape index (κ1) is 21.2. The van der Waals surface area contributed by atoms with Crippen molar-refractivity contribution >= 4 is 29.1 Å². The van der Waals surface area contributed by atoms with E-state index in [1.165, 1.54) is 6.07 Å². The van der Waals surface area contributed by atoms with Crippen molar-refractivity contribution in [2.45, 2.75) is 25.3 Å². The first-order chi connectivity index (χ1) is 14.5. The fourth-order valence-electron chi connectivity index (χ4n) is 4.02. The highest BCUT2D eigenvalue weighted by Gasteiger charge is 2.28. The Bertz CT molecular complexity index is 915. The molecule has 2 aliphatic rings. The molecular weight excluding hydrogens is 430 g/mol. The quantitative estimate of drug-likeness (QED) is 0.705. The Labute approximate surface area is 185 Å². The van der Waals surface area contributed by atoms with Crippen molar-refractivity contribution in [3.63, 3.8) is 0 Å². The molecule has 0 aromatic heterocycles. The number of hydrogen-bond acceptors (Lipinski definition) is 4. The van der Waals surface area contributed by atoms with Crippen LogP contribution in [0.1, 0.15) is 30.0 Å². The van der Waals surface area contributed by atoms with Gasteiger partial charge < -0.3 is 14.8 Å². The van der Waals surface area contributed by atoms with Crippen molar-refractivity contribution in [3.05, 3.63) is 57.3 Å². The van der Waals surface area contributed by atoms with Gasteiger partial charge >= 0.3 is 0 Å². The summed E-state index contributed by atoms with van der Waals surface area (Å²) in [5, 5.41) is 3.73. The van der Waals surface area contributed by atoms with E-state index >= 15 is 0 Å². The first-order valence-corrected chi connectivity index (χ1v) is 10.8. The van der Waals surface area contributed by atoms with Gasteiger partial charge in [0.2, 0.25) is 5.91 Å². The number of fused-ring (bicyclic) bond motifs is 1. The second kappa shape index (κ2) is 9.41. The maximum Gasteiger partial charge on any atom is 0.224 e. The highest BCUT2D eigenvalue weighted by Crippen LogP contribution is 2.38. The Morgan fingerprint density at radius 2 is 1.90 bits per heavy atom. The molecule has 1 unspecified atom stereocenters. The van der Waals surface area contributed by atoms with E-state index in [1.54, 1.807) is 24.3 Å². The average Bonchev–Trinajstić information content (AvgIpc) is 3.25. The summed E-state index contributed by atoms with van der Waals surface area (Å²) >= 11 is 12.6. The van der Waals surface area contributed by atoms with E-state index in [9.17, 15) is 9.18 Å². The van der Waals surface area contributed by atoms with Crippen LogP contribution >= 0.6 is 23.2 Å². The third-order valence-corrected chi connectivity index (χ3v) is 6.04. The molecule has 0 aliphatic carbocycles. The van der Waals surface area contributed by atoms with Gasteiger partial charge in [0, 0.05) is 17.1 Å². The molecule has 0 bridgehead atoms.